The Kier molecular flexibility index (Phi) is 5.48. The van der Waals surface area contributed by atoms with Crippen molar-refractivity contribution >= 4 is 56.7 Å². The molecule has 1 N–H and O–H groups in total. The molecular weight excluding hydrogens is 358 g/mol. The lowest BCUT2D eigenvalue weighted by molar-refractivity contribution is -0.142. The van der Waals surface area contributed by atoms with Crippen molar-refractivity contribution < 1.29 is 14.3 Å². The van der Waals surface area contributed by atoms with Crippen molar-refractivity contribution in [2.45, 2.75) is 0 Å². The van der Waals surface area contributed by atoms with Gasteiger partial charge in [0, 0.05) is 26.7 Å². The molecule has 0 saturated heterocycles. The molecule has 3 rings (SSSR count). The van der Waals surface area contributed by atoms with Crippen molar-refractivity contribution in [1.82, 2.24) is 0 Å². The molecule has 0 bridgehead atoms. The smallest absolute Gasteiger partial charge is 0.331 e. The van der Waals surface area contributed by atoms with Crippen LogP contribution < -0.4 is 5.32 Å². The molecule has 1 aromatic heterocycles. The summed E-state index contributed by atoms with van der Waals surface area (Å²) >= 11 is 7.79. The Morgan fingerprint density at radius 2 is 1.80 bits per heavy atom. The predicted octanol–water partition coefficient (Wildman–Crippen LogP) is 4.75. The third kappa shape index (κ3) is 4.47. The fourth-order valence-electron chi connectivity index (χ4n) is 2.19. The van der Waals surface area contributed by atoms with Crippen LogP contribution in [0.2, 0.25) is 5.02 Å². The zero-order valence-corrected chi connectivity index (χ0v) is 14.6. The van der Waals surface area contributed by atoms with Crippen LogP contribution in [0.3, 0.4) is 0 Å². The number of amides is 1. The highest BCUT2D eigenvalue weighted by Gasteiger charge is 2.09. The second-order valence-corrected chi connectivity index (χ2v) is 6.59. The quantitative estimate of drug-likeness (QED) is 0.520. The largest absolute Gasteiger partial charge is 0.452 e. The standard InChI is InChI=1S/C19H14ClNO3S/c20-19-14-8-4-5-9-15(14)25-16(19)10-11-18(23)24-12-17(22)21-13-6-2-1-3-7-13/h1-11H,12H2,(H,21,22)/b11-10+. The van der Waals surface area contributed by atoms with Gasteiger partial charge in [0.25, 0.3) is 5.91 Å². The summed E-state index contributed by atoms with van der Waals surface area (Å²) in [7, 11) is 0. The van der Waals surface area contributed by atoms with E-state index in [0.29, 0.717) is 10.7 Å². The van der Waals surface area contributed by atoms with Gasteiger partial charge in [-0.25, -0.2) is 4.79 Å². The molecular formula is C19H14ClNO3S. The lowest BCUT2D eigenvalue weighted by atomic mass is 10.2. The Balaban J connectivity index is 1.55. The fourth-order valence-corrected chi connectivity index (χ4v) is 3.59. The molecule has 6 heteroatoms. The van der Waals surface area contributed by atoms with Crippen molar-refractivity contribution in [1.29, 1.82) is 0 Å². The average molecular weight is 372 g/mol. The maximum Gasteiger partial charge on any atom is 0.331 e. The molecule has 0 unspecified atom stereocenters. The van der Waals surface area contributed by atoms with E-state index in [1.807, 2.05) is 30.3 Å². The number of rotatable bonds is 5. The third-order valence-corrected chi connectivity index (χ3v) is 4.99. The molecule has 3 aromatic rings. The number of halogens is 1. The van der Waals surface area contributed by atoms with Gasteiger partial charge in [0.15, 0.2) is 6.61 Å². The third-order valence-electron chi connectivity index (χ3n) is 3.33. The minimum atomic E-state index is -0.600. The van der Waals surface area contributed by atoms with Crippen LogP contribution in [-0.4, -0.2) is 18.5 Å². The molecule has 1 amide bonds. The van der Waals surface area contributed by atoms with Crippen molar-refractivity contribution in [2.75, 3.05) is 11.9 Å². The number of fused-ring (bicyclic) bond motifs is 1. The van der Waals surface area contributed by atoms with Gasteiger partial charge >= 0.3 is 5.97 Å². The maximum atomic E-state index is 11.8. The average Bonchev–Trinajstić information content (AvgIpc) is 2.95. The second kappa shape index (κ2) is 7.96. The van der Waals surface area contributed by atoms with Crippen molar-refractivity contribution in [2.24, 2.45) is 0 Å². The summed E-state index contributed by atoms with van der Waals surface area (Å²) in [5, 5.41) is 4.19. The first kappa shape index (κ1) is 17.2. The first-order chi connectivity index (χ1) is 12.1. The molecule has 0 radical (unpaired) electrons. The van der Waals surface area contributed by atoms with Gasteiger partial charge in [-0.15, -0.1) is 11.3 Å². The van der Waals surface area contributed by atoms with Gasteiger partial charge in [0.2, 0.25) is 0 Å². The number of nitrogens with one attached hydrogen (secondary N) is 1. The van der Waals surface area contributed by atoms with Crippen molar-refractivity contribution in [3.8, 4) is 0 Å². The molecule has 4 nitrogen and oxygen atoms in total. The Bertz CT molecular complexity index is 934. The number of benzene rings is 2. The summed E-state index contributed by atoms with van der Waals surface area (Å²) < 4.78 is 5.98. The molecule has 0 spiro atoms. The summed E-state index contributed by atoms with van der Waals surface area (Å²) in [6.07, 6.45) is 2.87. The zero-order chi connectivity index (χ0) is 17.6. The molecule has 0 aliphatic heterocycles. The number of thiophene rings is 1. The van der Waals surface area contributed by atoms with E-state index in [1.165, 1.54) is 17.4 Å². The van der Waals surface area contributed by atoms with Gasteiger partial charge in [-0.2, -0.15) is 0 Å². The molecule has 0 fully saturated rings. The maximum absolute atomic E-state index is 11.8. The lowest BCUT2D eigenvalue weighted by Gasteiger charge is -2.04. The summed E-state index contributed by atoms with van der Waals surface area (Å²) in [4.78, 5) is 24.3. The Labute approximate surface area is 153 Å². The van der Waals surface area contributed by atoms with Crippen molar-refractivity contribution in [3.05, 3.63) is 70.6 Å². The van der Waals surface area contributed by atoms with E-state index in [0.717, 1.165) is 15.0 Å². The summed E-state index contributed by atoms with van der Waals surface area (Å²) in [5.41, 5.74) is 0.649. The number of hydrogen-bond donors (Lipinski definition) is 1. The number of anilines is 1. The van der Waals surface area contributed by atoms with E-state index >= 15 is 0 Å². The summed E-state index contributed by atoms with van der Waals surface area (Å²) in [6.45, 7) is -0.349. The van der Waals surface area contributed by atoms with Gasteiger partial charge in [0.05, 0.1) is 5.02 Å². The van der Waals surface area contributed by atoms with Gasteiger partial charge in [-0.1, -0.05) is 48.0 Å². The van der Waals surface area contributed by atoms with Crippen LogP contribution in [0.4, 0.5) is 5.69 Å². The van der Waals surface area contributed by atoms with E-state index in [-0.39, 0.29) is 6.61 Å². The van der Waals surface area contributed by atoms with Crippen LogP contribution in [-0.2, 0) is 14.3 Å². The number of esters is 1. The van der Waals surface area contributed by atoms with Crippen molar-refractivity contribution in [3.63, 3.8) is 0 Å². The Hall–Kier alpha value is -2.63. The summed E-state index contributed by atoms with van der Waals surface area (Å²) in [5.74, 6) is -0.996. The monoisotopic (exact) mass is 371 g/mol. The number of para-hydroxylation sites is 1. The zero-order valence-electron chi connectivity index (χ0n) is 13.1. The number of carbonyl (C=O) groups excluding carboxylic acids is 2. The topological polar surface area (TPSA) is 55.4 Å². The Morgan fingerprint density at radius 1 is 1.08 bits per heavy atom. The molecule has 0 atom stereocenters. The Morgan fingerprint density at radius 3 is 2.56 bits per heavy atom. The normalized spacial score (nSPS) is 10.9. The van der Waals surface area contributed by atoms with E-state index in [4.69, 9.17) is 16.3 Å². The van der Waals surface area contributed by atoms with Crippen LogP contribution in [0.15, 0.2) is 60.7 Å². The second-order valence-electron chi connectivity index (χ2n) is 5.13. The van der Waals surface area contributed by atoms with Crippen LogP contribution >= 0.6 is 22.9 Å². The van der Waals surface area contributed by atoms with Crippen LogP contribution in [0.5, 0.6) is 0 Å². The number of carbonyl (C=O) groups is 2. The minimum Gasteiger partial charge on any atom is -0.452 e. The molecule has 25 heavy (non-hydrogen) atoms. The van der Waals surface area contributed by atoms with E-state index < -0.39 is 11.9 Å². The van der Waals surface area contributed by atoms with E-state index in [2.05, 4.69) is 5.32 Å². The first-order valence-electron chi connectivity index (χ1n) is 7.50. The SMILES string of the molecule is O=C(COC(=O)/C=C/c1sc2ccccc2c1Cl)Nc1ccccc1. The van der Waals surface area contributed by atoms with Gasteiger partial charge in [-0.05, 0) is 24.3 Å². The highest BCUT2D eigenvalue weighted by atomic mass is 35.5. The molecule has 0 aliphatic rings. The lowest BCUT2D eigenvalue weighted by Crippen LogP contribution is -2.20. The molecule has 126 valence electrons. The highest BCUT2D eigenvalue weighted by Crippen LogP contribution is 2.35. The van der Waals surface area contributed by atoms with Crippen LogP contribution in [0.1, 0.15) is 4.88 Å². The molecule has 2 aromatic carbocycles. The highest BCUT2D eigenvalue weighted by molar-refractivity contribution is 7.20. The van der Waals surface area contributed by atoms with E-state index in [1.54, 1.807) is 30.3 Å². The number of ether oxygens (including phenoxy) is 1. The first-order valence-corrected chi connectivity index (χ1v) is 8.70. The van der Waals surface area contributed by atoms with Gasteiger partial charge < -0.3 is 10.1 Å². The molecule has 0 saturated carbocycles. The van der Waals surface area contributed by atoms with Crippen LogP contribution in [0, 0.1) is 0 Å². The van der Waals surface area contributed by atoms with E-state index in [9.17, 15) is 9.59 Å². The molecule has 0 aliphatic carbocycles. The van der Waals surface area contributed by atoms with Gasteiger partial charge in [0.1, 0.15) is 0 Å². The predicted molar refractivity (Wildman–Crippen MR) is 102 cm³/mol. The summed E-state index contributed by atoms with van der Waals surface area (Å²) in [6, 6.07) is 16.7. The van der Waals surface area contributed by atoms with Crippen LogP contribution in [0.25, 0.3) is 16.2 Å². The number of hydrogen-bond acceptors (Lipinski definition) is 4. The minimum absolute atomic E-state index is 0.349. The fraction of sp³-hybridized carbons (Fsp3) is 0.0526. The molecule has 1 heterocycles. The van der Waals surface area contributed by atoms with Gasteiger partial charge in [-0.3, -0.25) is 4.79 Å².